The molecule has 2 N–H and O–H groups in total. The zero-order valence-corrected chi connectivity index (χ0v) is 6.07. The molecule has 0 saturated carbocycles. The Morgan fingerprint density at radius 3 is 2.45 bits per heavy atom. The highest BCUT2D eigenvalue weighted by Crippen LogP contribution is 1.93. The fourth-order valence-corrected chi connectivity index (χ4v) is 0.399. The Kier molecular flexibility index (Phi) is 3.72. The number of amides is 1. The largest absolute Gasteiger partial charge is 0.422 e. The van der Waals surface area contributed by atoms with Crippen LogP contribution in [-0.4, -0.2) is 18.4 Å². The number of rotatable bonds is 3. The Labute approximate surface area is 63.8 Å². The molecule has 0 radical (unpaired) electrons. The summed E-state index contributed by atoms with van der Waals surface area (Å²) in [6.07, 6.45) is -1.01. The number of nitrogens with two attached hydrogens (primary N) is 1. The second-order valence-corrected chi connectivity index (χ2v) is 1.65. The molecule has 0 heterocycles. The lowest BCUT2D eigenvalue weighted by atomic mass is 10.6. The first-order valence-corrected chi connectivity index (χ1v) is 2.85. The molecule has 0 aliphatic rings. The van der Waals surface area contributed by atoms with Gasteiger partial charge in [-0.2, -0.15) is 0 Å². The maximum absolute atomic E-state index is 10.4. The third-order valence-electron chi connectivity index (χ3n) is 0.731. The predicted octanol–water partition coefficient (Wildman–Crippen LogP) is 0.157. The molecule has 0 aromatic rings. The SMILES string of the molecule is C=CC(=O)OC(C)OC(N)=O. The molecule has 0 spiro atoms. The summed E-state index contributed by atoms with van der Waals surface area (Å²) in [4.78, 5) is 20.5. The van der Waals surface area contributed by atoms with Gasteiger partial charge in [0.2, 0.25) is 6.29 Å². The summed E-state index contributed by atoms with van der Waals surface area (Å²) in [6.45, 7) is 4.51. The van der Waals surface area contributed by atoms with E-state index in [4.69, 9.17) is 0 Å². The van der Waals surface area contributed by atoms with Gasteiger partial charge in [-0.05, 0) is 0 Å². The standard InChI is InChI=1S/C6H9NO4/c1-3-5(8)10-4(2)11-6(7)9/h3-4H,1H2,2H3,(H2,7,9). The molecule has 11 heavy (non-hydrogen) atoms. The van der Waals surface area contributed by atoms with Crippen LogP contribution in [0.4, 0.5) is 4.79 Å². The van der Waals surface area contributed by atoms with E-state index in [1.54, 1.807) is 0 Å². The van der Waals surface area contributed by atoms with Gasteiger partial charge in [-0.25, -0.2) is 9.59 Å². The normalized spacial score (nSPS) is 11.4. The molecule has 0 rings (SSSR count). The average Bonchev–Trinajstić information content (AvgIpc) is 1.85. The molecule has 0 aliphatic heterocycles. The molecular weight excluding hydrogens is 150 g/mol. The summed E-state index contributed by atoms with van der Waals surface area (Å²) in [7, 11) is 0. The van der Waals surface area contributed by atoms with Gasteiger partial charge < -0.3 is 15.2 Å². The van der Waals surface area contributed by atoms with E-state index in [-0.39, 0.29) is 0 Å². The molecule has 1 amide bonds. The van der Waals surface area contributed by atoms with Gasteiger partial charge in [0.1, 0.15) is 0 Å². The van der Waals surface area contributed by atoms with Gasteiger partial charge in [-0.1, -0.05) is 6.58 Å². The van der Waals surface area contributed by atoms with E-state index in [9.17, 15) is 9.59 Å². The highest BCUT2D eigenvalue weighted by atomic mass is 16.7. The van der Waals surface area contributed by atoms with Crippen LogP contribution in [0.15, 0.2) is 12.7 Å². The maximum atomic E-state index is 10.4. The van der Waals surface area contributed by atoms with Crippen LogP contribution in [0, 0.1) is 0 Å². The van der Waals surface area contributed by atoms with Crippen LogP contribution in [0.2, 0.25) is 0 Å². The number of hydrogen-bond donors (Lipinski definition) is 1. The van der Waals surface area contributed by atoms with Crippen molar-refractivity contribution in [3.63, 3.8) is 0 Å². The summed E-state index contributed by atoms with van der Waals surface area (Å²) in [5.41, 5.74) is 4.63. The summed E-state index contributed by atoms with van der Waals surface area (Å²) in [5.74, 6) is -0.668. The molecule has 5 heteroatoms. The van der Waals surface area contributed by atoms with Crippen molar-refractivity contribution in [3.8, 4) is 0 Å². The first kappa shape index (κ1) is 9.48. The monoisotopic (exact) mass is 159 g/mol. The topological polar surface area (TPSA) is 78.6 Å². The van der Waals surface area contributed by atoms with Crippen molar-refractivity contribution in [1.82, 2.24) is 0 Å². The van der Waals surface area contributed by atoms with Crippen LogP contribution < -0.4 is 5.73 Å². The van der Waals surface area contributed by atoms with E-state index >= 15 is 0 Å². The summed E-state index contributed by atoms with van der Waals surface area (Å²) >= 11 is 0. The molecule has 62 valence electrons. The van der Waals surface area contributed by atoms with Gasteiger partial charge in [0.15, 0.2) is 0 Å². The first-order valence-electron chi connectivity index (χ1n) is 2.85. The lowest BCUT2D eigenvalue weighted by molar-refractivity contribution is -0.158. The third-order valence-corrected chi connectivity index (χ3v) is 0.731. The van der Waals surface area contributed by atoms with E-state index in [1.807, 2.05) is 0 Å². The van der Waals surface area contributed by atoms with Crippen molar-refractivity contribution in [1.29, 1.82) is 0 Å². The number of carbonyl (C=O) groups excluding carboxylic acids is 2. The van der Waals surface area contributed by atoms with Gasteiger partial charge in [0, 0.05) is 13.0 Å². The molecule has 1 atom stereocenters. The zero-order chi connectivity index (χ0) is 8.85. The lowest BCUT2D eigenvalue weighted by Gasteiger charge is -2.09. The summed E-state index contributed by atoms with van der Waals surface area (Å²) in [6, 6.07) is 0. The summed E-state index contributed by atoms with van der Waals surface area (Å²) in [5, 5.41) is 0. The fourth-order valence-electron chi connectivity index (χ4n) is 0.399. The smallest absolute Gasteiger partial charge is 0.407 e. The van der Waals surface area contributed by atoms with Crippen LogP contribution >= 0.6 is 0 Å². The molecule has 0 saturated heterocycles. The van der Waals surface area contributed by atoms with Crippen molar-refractivity contribution >= 4 is 12.1 Å². The highest BCUT2D eigenvalue weighted by molar-refractivity contribution is 5.81. The number of hydrogen-bond acceptors (Lipinski definition) is 4. The second kappa shape index (κ2) is 4.32. The molecule has 0 bridgehead atoms. The third kappa shape index (κ3) is 4.95. The number of primary amides is 1. The quantitative estimate of drug-likeness (QED) is 0.361. The van der Waals surface area contributed by atoms with Gasteiger partial charge in [-0.3, -0.25) is 0 Å². The van der Waals surface area contributed by atoms with E-state index in [0.717, 1.165) is 6.08 Å². The number of esters is 1. The van der Waals surface area contributed by atoms with Crippen LogP contribution in [0.1, 0.15) is 6.92 Å². The van der Waals surface area contributed by atoms with Crippen LogP contribution in [-0.2, 0) is 14.3 Å². The Hall–Kier alpha value is -1.52. The number of carbonyl (C=O) groups is 2. The zero-order valence-electron chi connectivity index (χ0n) is 6.07. The van der Waals surface area contributed by atoms with Crippen LogP contribution in [0.25, 0.3) is 0 Å². The van der Waals surface area contributed by atoms with E-state index in [0.29, 0.717) is 0 Å². The maximum Gasteiger partial charge on any atom is 0.407 e. The van der Waals surface area contributed by atoms with Crippen molar-refractivity contribution in [2.75, 3.05) is 0 Å². The van der Waals surface area contributed by atoms with Gasteiger partial charge in [0.05, 0.1) is 0 Å². The molecule has 0 aromatic heterocycles. The van der Waals surface area contributed by atoms with Crippen LogP contribution in [0.3, 0.4) is 0 Å². The van der Waals surface area contributed by atoms with Gasteiger partial charge in [0.25, 0.3) is 0 Å². The minimum atomic E-state index is -0.991. The minimum absolute atomic E-state index is 0.668. The van der Waals surface area contributed by atoms with Gasteiger partial charge in [-0.15, -0.1) is 0 Å². The molecule has 1 unspecified atom stereocenters. The first-order chi connectivity index (χ1) is 5.06. The Morgan fingerprint density at radius 1 is 1.55 bits per heavy atom. The highest BCUT2D eigenvalue weighted by Gasteiger charge is 2.08. The van der Waals surface area contributed by atoms with Crippen molar-refractivity contribution < 1.29 is 19.1 Å². The fraction of sp³-hybridized carbons (Fsp3) is 0.333. The van der Waals surface area contributed by atoms with E-state index < -0.39 is 18.4 Å². The van der Waals surface area contributed by atoms with Crippen molar-refractivity contribution in [3.05, 3.63) is 12.7 Å². The van der Waals surface area contributed by atoms with Gasteiger partial charge >= 0.3 is 12.1 Å². The van der Waals surface area contributed by atoms with Crippen molar-refractivity contribution in [2.24, 2.45) is 5.73 Å². The molecule has 0 aliphatic carbocycles. The Morgan fingerprint density at radius 2 is 2.09 bits per heavy atom. The van der Waals surface area contributed by atoms with Crippen LogP contribution in [0.5, 0.6) is 0 Å². The van der Waals surface area contributed by atoms with E-state index in [2.05, 4.69) is 21.8 Å². The molecular formula is C6H9NO4. The molecule has 0 aromatic carbocycles. The molecule has 0 fully saturated rings. The summed E-state index contributed by atoms with van der Waals surface area (Å²) < 4.78 is 8.70. The second-order valence-electron chi connectivity index (χ2n) is 1.65. The Bertz CT molecular complexity index is 177. The lowest BCUT2D eigenvalue weighted by Crippen LogP contribution is -2.24. The molecule has 5 nitrogen and oxygen atoms in total. The van der Waals surface area contributed by atoms with E-state index in [1.165, 1.54) is 6.92 Å². The Balaban J connectivity index is 3.68. The predicted molar refractivity (Wildman–Crippen MR) is 36.4 cm³/mol. The van der Waals surface area contributed by atoms with Crippen molar-refractivity contribution in [2.45, 2.75) is 13.2 Å². The average molecular weight is 159 g/mol. The number of ether oxygens (including phenoxy) is 2. The minimum Gasteiger partial charge on any atom is -0.422 e.